The van der Waals surface area contributed by atoms with Crippen LogP contribution in [0.5, 0.6) is 11.5 Å². The number of methoxy groups -OCH3 is 2. The fraction of sp³-hybridized carbons (Fsp3) is 0.0952. The molecule has 31 heavy (non-hydrogen) atoms. The lowest BCUT2D eigenvalue weighted by molar-refractivity contribution is -0.111. The molecule has 0 aliphatic carbocycles. The van der Waals surface area contributed by atoms with E-state index in [2.05, 4.69) is 15.4 Å². The van der Waals surface area contributed by atoms with Crippen LogP contribution in [0.3, 0.4) is 0 Å². The van der Waals surface area contributed by atoms with Gasteiger partial charge in [-0.1, -0.05) is 23.2 Å². The number of hydrogen-bond donors (Lipinski definition) is 1. The maximum absolute atomic E-state index is 12.4. The zero-order chi connectivity index (χ0) is 22.0. The molecule has 0 fully saturated rings. The van der Waals surface area contributed by atoms with Gasteiger partial charge in [-0.3, -0.25) is 10.1 Å². The number of anilines is 1. The van der Waals surface area contributed by atoms with Gasteiger partial charge in [0.25, 0.3) is 11.9 Å². The molecule has 0 unspecified atom stereocenters. The fourth-order valence-electron chi connectivity index (χ4n) is 2.90. The number of benzene rings is 2. The molecule has 7 nitrogen and oxygen atoms in total. The van der Waals surface area contributed by atoms with Crippen molar-refractivity contribution >= 4 is 57.4 Å². The van der Waals surface area contributed by atoms with Gasteiger partial charge in [-0.05, 0) is 42.5 Å². The van der Waals surface area contributed by atoms with E-state index in [9.17, 15) is 4.79 Å². The predicted octanol–water partition coefficient (Wildman–Crippen LogP) is 5.43. The molecule has 2 aromatic carbocycles. The second-order valence-electron chi connectivity index (χ2n) is 6.31. The van der Waals surface area contributed by atoms with Crippen molar-refractivity contribution in [1.29, 1.82) is 0 Å². The van der Waals surface area contributed by atoms with Crippen LogP contribution in [-0.2, 0) is 4.79 Å². The van der Waals surface area contributed by atoms with Crippen molar-refractivity contribution in [2.24, 2.45) is 0 Å². The van der Waals surface area contributed by atoms with E-state index in [1.54, 1.807) is 61.2 Å². The summed E-state index contributed by atoms with van der Waals surface area (Å²) in [4.78, 5) is 17.4. The van der Waals surface area contributed by atoms with Crippen molar-refractivity contribution in [3.8, 4) is 22.8 Å². The number of rotatable bonds is 6. The van der Waals surface area contributed by atoms with E-state index in [4.69, 9.17) is 32.7 Å². The number of ether oxygens (including phenoxy) is 2. The van der Waals surface area contributed by atoms with E-state index in [1.807, 2.05) is 5.38 Å². The first-order valence-electron chi connectivity index (χ1n) is 8.99. The third-order valence-corrected chi connectivity index (χ3v) is 5.75. The molecule has 0 bridgehead atoms. The minimum Gasteiger partial charge on any atom is -0.497 e. The van der Waals surface area contributed by atoms with Gasteiger partial charge in [0.15, 0.2) is 0 Å². The van der Waals surface area contributed by atoms with Gasteiger partial charge in [-0.25, -0.2) is 4.52 Å². The summed E-state index contributed by atoms with van der Waals surface area (Å²) in [7, 11) is 3.13. The van der Waals surface area contributed by atoms with Gasteiger partial charge in [-0.2, -0.15) is 4.98 Å². The second kappa shape index (κ2) is 8.97. The Kier molecular flexibility index (Phi) is 6.13. The number of amides is 1. The summed E-state index contributed by atoms with van der Waals surface area (Å²) in [5.41, 5.74) is 2.17. The highest BCUT2D eigenvalue weighted by Gasteiger charge is 2.15. The minimum atomic E-state index is -0.384. The van der Waals surface area contributed by atoms with Gasteiger partial charge in [0.1, 0.15) is 11.5 Å². The number of hydrogen-bond acceptors (Lipinski definition) is 6. The average Bonchev–Trinajstić information content (AvgIpc) is 3.34. The van der Waals surface area contributed by atoms with Gasteiger partial charge < -0.3 is 9.47 Å². The number of carbonyl (C=O) groups is 1. The minimum absolute atomic E-state index is 0.179. The number of aromatic nitrogens is 3. The van der Waals surface area contributed by atoms with E-state index >= 15 is 0 Å². The lowest BCUT2D eigenvalue weighted by atomic mass is 10.1. The lowest BCUT2D eigenvalue weighted by Crippen LogP contribution is -2.09. The van der Waals surface area contributed by atoms with Crippen LogP contribution in [0, 0.1) is 0 Å². The van der Waals surface area contributed by atoms with Crippen LogP contribution in [0.2, 0.25) is 10.0 Å². The molecule has 4 rings (SSSR count). The van der Waals surface area contributed by atoms with Gasteiger partial charge in [0.05, 0.1) is 24.9 Å². The van der Waals surface area contributed by atoms with Crippen molar-refractivity contribution in [3.05, 3.63) is 63.5 Å². The smallest absolute Gasteiger partial charge is 0.250 e. The molecule has 0 radical (unpaired) electrons. The Labute approximate surface area is 191 Å². The number of fused-ring (bicyclic) bond motifs is 1. The summed E-state index contributed by atoms with van der Waals surface area (Å²) in [5.74, 6) is 1.07. The van der Waals surface area contributed by atoms with Crippen molar-refractivity contribution in [2.75, 3.05) is 19.5 Å². The quantitative estimate of drug-likeness (QED) is 0.376. The topological polar surface area (TPSA) is 77.8 Å². The number of nitrogens with zero attached hydrogens (tertiary/aromatic N) is 3. The Balaban J connectivity index is 1.56. The van der Waals surface area contributed by atoms with E-state index in [1.165, 1.54) is 17.4 Å². The van der Waals surface area contributed by atoms with Crippen LogP contribution in [0.4, 0.5) is 5.95 Å². The Bertz CT molecular complexity index is 1300. The molecule has 0 aliphatic heterocycles. The summed E-state index contributed by atoms with van der Waals surface area (Å²) in [5, 5.41) is 10.0. The lowest BCUT2D eigenvalue weighted by Gasteiger charge is -2.07. The standard InChI is InChI=1S/C21H16Cl2N4O3S/c1-29-14-5-7-18(30-2)12(9-14)3-8-19(28)24-20-25-21-27(26-20)17(11-31-21)15-10-13(22)4-6-16(15)23/h3-11H,1-2H3,(H,24,26,28)/b8-3+. The third-order valence-electron chi connectivity index (χ3n) is 4.37. The Hall–Kier alpha value is -3.07. The van der Waals surface area contributed by atoms with Crippen LogP contribution >= 0.6 is 34.5 Å². The van der Waals surface area contributed by atoms with E-state index in [-0.39, 0.29) is 11.9 Å². The predicted molar refractivity (Wildman–Crippen MR) is 124 cm³/mol. The summed E-state index contributed by atoms with van der Waals surface area (Å²) < 4.78 is 12.1. The highest BCUT2D eigenvalue weighted by atomic mass is 35.5. The van der Waals surface area contributed by atoms with Crippen LogP contribution in [0.25, 0.3) is 22.3 Å². The van der Waals surface area contributed by atoms with Crippen LogP contribution < -0.4 is 14.8 Å². The zero-order valence-corrected chi connectivity index (χ0v) is 18.8. The second-order valence-corrected chi connectivity index (χ2v) is 7.99. The molecule has 4 aromatic rings. The summed E-state index contributed by atoms with van der Waals surface area (Å²) in [6.45, 7) is 0. The molecular weight excluding hydrogens is 459 g/mol. The first-order valence-corrected chi connectivity index (χ1v) is 10.6. The molecule has 0 aliphatic rings. The molecule has 10 heteroatoms. The maximum atomic E-state index is 12.4. The maximum Gasteiger partial charge on any atom is 0.250 e. The van der Waals surface area contributed by atoms with Crippen LogP contribution in [-0.4, -0.2) is 34.7 Å². The molecule has 0 saturated carbocycles. The van der Waals surface area contributed by atoms with Gasteiger partial charge in [-0.15, -0.1) is 16.4 Å². The molecule has 0 atom stereocenters. The van der Waals surface area contributed by atoms with E-state index < -0.39 is 0 Å². The van der Waals surface area contributed by atoms with Crippen molar-refractivity contribution < 1.29 is 14.3 Å². The zero-order valence-electron chi connectivity index (χ0n) is 16.4. The van der Waals surface area contributed by atoms with E-state index in [0.29, 0.717) is 32.1 Å². The molecule has 158 valence electrons. The third kappa shape index (κ3) is 4.51. The largest absolute Gasteiger partial charge is 0.497 e. The van der Waals surface area contributed by atoms with Crippen molar-refractivity contribution in [1.82, 2.24) is 14.6 Å². The van der Waals surface area contributed by atoms with Crippen LogP contribution in [0.15, 0.2) is 47.9 Å². The average molecular weight is 475 g/mol. The summed E-state index contributed by atoms with van der Waals surface area (Å²) >= 11 is 13.8. The Morgan fingerprint density at radius 3 is 2.77 bits per heavy atom. The molecule has 0 saturated heterocycles. The molecule has 1 amide bonds. The SMILES string of the molecule is COc1ccc(OC)c(/C=C/C(=O)Nc2nc3scc(-c4cc(Cl)ccc4Cl)n3n2)c1. The fourth-order valence-corrected chi connectivity index (χ4v) is 4.11. The summed E-state index contributed by atoms with van der Waals surface area (Å²) in [6.07, 6.45) is 3.01. The molecular formula is C21H16Cl2N4O3S. The number of halogens is 2. The molecule has 0 spiro atoms. The van der Waals surface area contributed by atoms with Gasteiger partial charge in [0.2, 0.25) is 4.96 Å². The number of nitrogens with one attached hydrogen (secondary N) is 1. The van der Waals surface area contributed by atoms with Crippen molar-refractivity contribution in [3.63, 3.8) is 0 Å². The van der Waals surface area contributed by atoms with Gasteiger partial charge >= 0.3 is 0 Å². The van der Waals surface area contributed by atoms with Crippen LogP contribution in [0.1, 0.15) is 5.56 Å². The van der Waals surface area contributed by atoms with Gasteiger partial charge in [0, 0.05) is 27.6 Å². The monoisotopic (exact) mass is 474 g/mol. The van der Waals surface area contributed by atoms with Crippen molar-refractivity contribution in [2.45, 2.75) is 0 Å². The normalized spacial score (nSPS) is 11.2. The Morgan fingerprint density at radius 2 is 2.00 bits per heavy atom. The molecule has 1 N–H and O–H groups in total. The molecule has 2 aromatic heterocycles. The highest BCUT2D eigenvalue weighted by Crippen LogP contribution is 2.33. The Morgan fingerprint density at radius 1 is 1.16 bits per heavy atom. The van der Waals surface area contributed by atoms with E-state index in [0.717, 1.165) is 11.3 Å². The number of thiazole rings is 1. The highest BCUT2D eigenvalue weighted by molar-refractivity contribution is 7.15. The first kappa shape index (κ1) is 21.2. The molecule has 2 heterocycles. The number of carbonyl (C=O) groups excluding carboxylic acids is 1. The summed E-state index contributed by atoms with van der Waals surface area (Å²) in [6, 6.07) is 10.5. The first-order chi connectivity index (χ1) is 15.0.